The van der Waals surface area contributed by atoms with Crippen LogP contribution in [-0.4, -0.2) is 56.5 Å². The summed E-state index contributed by atoms with van der Waals surface area (Å²) in [5.74, 6) is 1.38. The predicted octanol–water partition coefficient (Wildman–Crippen LogP) is 2.43. The van der Waals surface area contributed by atoms with Gasteiger partial charge in [0.2, 0.25) is 5.91 Å². The SMILES string of the molecule is COc1cccc(CCCN2CCCC(C(=O)N(C)C)C2)c1. The monoisotopic (exact) mass is 304 g/mol. The van der Waals surface area contributed by atoms with Gasteiger partial charge in [-0.25, -0.2) is 0 Å². The van der Waals surface area contributed by atoms with Gasteiger partial charge >= 0.3 is 0 Å². The molecule has 1 fully saturated rings. The molecule has 1 amide bonds. The van der Waals surface area contributed by atoms with Gasteiger partial charge < -0.3 is 14.5 Å². The van der Waals surface area contributed by atoms with Crippen LogP contribution in [0, 0.1) is 5.92 Å². The van der Waals surface area contributed by atoms with Gasteiger partial charge in [-0.1, -0.05) is 12.1 Å². The normalized spacial score (nSPS) is 19.0. The number of carbonyl (C=O) groups is 1. The fraction of sp³-hybridized carbons (Fsp3) is 0.611. The van der Waals surface area contributed by atoms with Gasteiger partial charge in [0.05, 0.1) is 13.0 Å². The standard InChI is InChI=1S/C18H28N2O2/c1-19(2)18(21)16-9-6-12-20(14-16)11-5-8-15-7-4-10-17(13-15)22-3/h4,7,10,13,16H,5-6,8-9,11-12,14H2,1-3H3. The molecule has 0 bridgehead atoms. The van der Waals surface area contributed by atoms with Crippen molar-refractivity contribution < 1.29 is 9.53 Å². The first-order valence-corrected chi connectivity index (χ1v) is 8.16. The molecular formula is C18H28N2O2. The van der Waals surface area contributed by atoms with Crippen molar-refractivity contribution in [1.29, 1.82) is 0 Å². The second kappa shape index (κ2) is 8.18. The number of likely N-dealkylation sites (tertiary alicyclic amines) is 1. The average Bonchev–Trinajstić information content (AvgIpc) is 2.54. The fourth-order valence-corrected chi connectivity index (χ4v) is 3.16. The largest absolute Gasteiger partial charge is 0.497 e. The molecule has 0 aromatic heterocycles. The smallest absolute Gasteiger partial charge is 0.226 e. The van der Waals surface area contributed by atoms with Crippen molar-refractivity contribution in [1.82, 2.24) is 9.80 Å². The third kappa shape index (κ3) is 4.73. The van der Waals surface area contributed by atoms with Gasteiger partial charge in [0, 0.05) is 20.6 Å². The first kappa shape index (κ1) is 16.8. The van der Waals surface area contributed by atoms with Crippen molar-refractivity contribution in [3.63, 3.8) is 0 Å². The minimum Gasteiger partial charge on any atom is -0.497 e. The van der Waals surface area contributed by atoms with E-state index in [2.05, 4.69) is 17.0 Å². The molecule has 1 aliphatic heterocycles. The van der Waals surface area contributed by atoms with Crippen molar-refractivity contribution in [2.45, 2.75) is 25.7 Å². The van der Waals surface area contributed by atoms with E-state index in [1.165, 1.54) is 5.56 Å². The second-order valence-electron chi connectivity index (χ2n) is 6.33. The van der Waals surface area contributed by atoms with E-state index in [0.29, 0.717) is 0 Å². The van der Waals surface area contributed by atoms with Crippen LogP contribution in [0.5, 0.6) is 5.75 Å². The molecule has 1 aromatic carbocycles. The number of piperidine rings is 1. The molecule has 1 atom stereocenters. The number of amides is 1. The van der Waals surface area contributed by atoms with Gasteiger partial charge in [0.1, 0.15) is 5.75 Å². The van der Waals surface area contributed by atoms with Gasteiger partial charge in [-0.3, -0.25) is 4.79 Å². The molecular weight excluding hydrogens is 276 g/mol. The molecule has 0 aliphatic carbocycles. The van der Waals surface area contributed by atoms with E-state index >= 15 is 0 Å². The Balaban J connectivity index is 1.77. The van der Waals surface area contributed by atoms with Gasteiger partial charge in [-0.05, 0) is 56.5 Å². The van der Waals surface area contributed by atoms with Crippen LogP contribution in [0.4, 0.5) is 0 Å². The van der Waals surface area contributed by atoms with Crippen LogP contribution in [0.2, 0.25) is 0 Å². The van der Waals surface area contributed by atoms with E-state index < -0.39 is 0 Å². The summed E-state index contributed by atoms with van der Waals surface area (Å²) in [7, 11) is 5.41. The molecule has 0 spiro atoms. The molecule has 22 heavy (non-hydrogen) atoms. The molecule has 1 unspecified atom stereocenters. The van der Waals surface area contributed by atoms with Crippen LogP contribution in [0.1, 0.15) is 24.8 Å². The number of rotatable bonds is 6. The Morgan fingerprint density at radius 3 is 2.95 bits per heavy atom. The topological polar surface area (TPSA) is 32.8 Å². The van der Waals surface area contributed by atoms with Gasteiger partial charge in [0.25, 0.3) is 0 Å². The summed E-state index contributed by atoms with van der Waals surface area (Å²) in [5.41, 5.74) is 1.32. The first-order chi connectivity index (χ1) is 10.6. The van der Waals surface area contributed by atoms with Crippen LogP contribution in [0.15, 0.2) is 24.3 Å². The molecule has 0 radical (unpaired) electrons. The molecule has 1 aliphatic rings. The van der Waals surface area contributed by atoms with Crippen LogP contribution in [0.3, 0.4) is 0 Å². The minimum atomic E-state index is 0.181. The second-order valence-corrected chi connectivity index (χ2v) is 6.33. The summed E-state index contributed by atoms with van der Waals surface area (Å²) in [5, 5.41) is 0. The first-order valence-electron chi connectivity index (χ1n) is 8.16. The molecule has 0 N–H and O–H groups in total. The Morgan fingerprint density at radius 2 is 2.23 bits per heavy atom. The molecule has 4 nitrogen and oxygen atoms in total. The van der Waals surface area contributed by atoms with Crippen LogP contribution >= 0.6 is 0 Å². The zero-order valence-corrected chi connectivity index (χ0v) is 14.0. The van der Waals surface area contributed by atoms with Crippen molar-refractivity contribution >= 4 is 5.91 Å². The highest BCUT2D eigenvalue weighted by molar-refractivity contribution is 5.78. The molecule has 1 saturated heterocycles. The zero-order valence-electron chi connectivity index (χ0n) is 14.0. The van der Waals surface area contributed by atoms with Crippen molar-refractivity contribution in [2.24, 2.45) is 5.92 Å². The Hall–Kier alpha value is -1.55. The van der Waals surface area contributed by atoms with Gasteiger partial charge in [-0.2, -0.15) is 0 Å². The number of ether oxygens (including phenoxy) is 1. The van der Waals surface area contributed by atoms with Gasteiger partial charge in [-0.15, -0.1) is 0 Å². The number of hydrogen-bond acceptors (Lipinski definition) is 3. The summed E-state index contributed by atoms with van der Waals surface area (Å²) in [6.45, 7) is 3.10. The third-order valence-corrected chi connectivity index (χ3v) is 4.37. The minimum absolute atomic E-state index is 0.181. The predicted molar refractivity (Wildman–Crippen MR) is 89.2 cm³/mol. The highest BCUT2D eigenvalue weighted by Gasteiger charge is 2.26. The molecule has 4 heteroatoms. The van der Waals surface area contributed by atoms with E-state index in [1.54, 1.807) is 12.0 Å². The molecule has 0 saturated carbocycles. The lowest BCUT2D eigenvalue weighted by atomic mass is 9.96. The Bertz CT molecular complexity index is 488. The maximum atomic E-state index is 12.1. The highest BCUT2D eigenvalue weighted by Crippen LogP contribution is 2.19. The summed E-state index contributed by atoms with van der Waals surface area (Å²) in [4.78, 5) is 16.3. The lowest BCUT2D eigenvalue weighted by Gasteiger charge is -2.33. The highest BCUT2D eigenvalue weighted by atomic mass is 16.5. The average molecular weight is 304 g/mol. The lowest BCUT2D eigenvalue weighted by molar-refractivity contribution is -0.134. The van der Waals surface area contributed by atoms with E-state index in [-0.39, 0.29) is 11.8 Å². The number of aryl methyl sites for hydroxylation is 1. The summed E-state index contributed by atoms with van der Waals surface area (Å²) in [6, 6.07) is 8.28. The molecule has 1 heterocycles. The fourth-order valence-electron chi connectivity index (χ4n) is 3.16. The van der Waals surface area contributed by atoms with Crippen molar-refractivity contribution in [3.05, 3.63) is 29.8 Å². The number of hydrogen-bond donors (Lipinski definition) is 0. The van der Waals surface area contributed by atoms with Gasteiger partial charge in [0.15, 0.2) is 0 Å². The number of benzene rings is 1. The maximum Gasteiger partial charge on any atom is 0.226 e. The molecule has 122 valence electrons. The Morgan fingerprint density at radius 1 is 1.41 bits per heavy atom. The maximum absolute atomic E-state index is 12.1. The molecule has 2 rings (SSSR count). The van der Waals surface area contributed by atoms with Crippen LogP contribution in [-0.2, 0) is 11.2 Å². The third-order valence-electron chi connectivity index (χ3n) is 4.37. The van der Waals surface area contributed by atoms with E-state index in [0.717, 1.165) is 51.1 Å². The Labute approximate surface area is 134 Å². The molecule has 1 aromatic rings. The zero-order chi connectivity index (χ0) is 15.9. The summed E-state index contributed by atoms with van der Waals surface area (Å²) in [6.07, 6.45) is 4.34. The van der Waals surface area contributed by atoms with E-state index in [4.69, 9.17) is 4.74 Å². The van der Waals surface area contributed by atoms with Crippen LogP contribution in [0.25, 0.3) is 0 Å². The van der Waals surface area contributed by atoms with Crippen molar-refractivity contribution in [2.75, 3.05) is 40.8 Å². The summed E-state index contributed by atoms with van der Waals surface area (Å²) < 4.78 is 5.26. The van der Waals surface area contributed by atoms with Crippen molar-refractivity contribution in [3.8, 4) is 5.75 Å². The summed E-state index contributed by atoms with van der Waals surface area (Å²) >= 11 is 0. The van der Waals surface area contributed by atoms with E-state index in [9.17, 15) is 4.79 Å². The number of carbonyl (C=O) groups excluding carboxylic acids is 1. The number of nitrogens with zero attached hydrogens (tertiary/aromatic N) is 2. The quantitative estimate of drug-likeness (QED) is 0.809. The Kier molecular flexibility index (Phi) is 6.25. The number of methoxy groups -OCH3 is 1. The lowest BCUT2D eigenvalue weighted by Crippen LogP contribution is -2.43. The van der Waals surface area contributed by atoms with E-state index in [1.807, 2.05) is 26.2 Å². The van der Waals surface area contributed by atoms with Crippen LogP contribution < -0.4 is 4.74 Å².